The minimum atomic E-state index is -0.791. The highest BCUT2D eigenvalue weighted by Crippen LogP contribution is 2.32. The molecular weight excluding hydrogens is 264 g/mol. The van der Waals surface area contributed by atoms with Crippen LogP contribution in [-0.4, -0.2) is 30.8 Å². The molecule has 1 aliphatic carbocycles. The van der Waals surface area contributed by atoms with Gasteiger partial charge in [-0.15, -0.1) is 0 Å². The van der Waals surface area contributed by atoms with Crippen LogP contribution in [0.3, 0.4) is 0 Å². The molecule has 6 nitrogen and oxygen atoms in total. The molecular formula is C14H18O6. The van der Waals surface area contributed by atoms with Gasteiger partial charge in [0.25, 0.3) is 0 Å². The van der Waals surface area contributed by atoms with Crippen molar-refractivity contribution in [3.63, 3.8) is 0 Å². The van der Waals surface area contributed by atoms with Crippen LogP contribution in [-0.2, 0) is 28.7 Å². The highest BCUT2D eigenvalue weighted by atomic mass is 16.6. The van der Waals surface area contributed by atoms with Crippen LogP contribution in [0, 0.1) is 11.8 Å². The fourth-order valence-electron chi connectivity index (χ4n) is 2.17. The topological polar surface area (TPSA) is 86.7 Å². The van der Waals surface area contributed by atoms with Crippen molar-refractivity contribution in [3.8, 4) is 0 Å². The maximum absolute atomic E-state index is 11.9. The monoisotopic (exact) mass is 282 g/mol. The molecule has 20 heavy (non-hydrogen) atoms. The van der Waals surface area contributed by atoms with Crippen molar-refractivity contribution in [2.45, 2.75) is 32.6 Å². The number of carbonyl (C=O) groups is 4. The van der Waals surface area contributed by atoms with E-state index >= 15 is 0 Å². The van der Waals surface area contributed by atoms with Crippen molar-refractivity contribution in [1.29, 1.82) is 0 Å². The molecule has 2 unspecified atom stereocenters. The van der Waals surface area contributed by atoms with E-state index in [0.29, 0.717) is 19.1 Å². The molecule has 0 aromatic carbocycles. The van der Waals surface area contributed by atoms with E-state index in [0.717, 1.165) is 12.8 Å². The van der Waals surface area contributed by atoms with Crippen LogP contribution in [0.25, 0.3) is 0 Å². The van der Waals surface area contributed by atoms with Crippen molar-refractivity contribution >= 4 is 24.2 Å². The summed E-state index contributed by atoms with van der Waals surface area (Å²) in [7, 11) is 0. The second-order valence-corrected chi connectivity index (χ2v) is 4.78. The highest BCUT2D eigenvalue weighted by molar-refractivity contribution is 5.97. The first-order valence-corrected chi connectivity index (χ1v) is 6.49. The summed E-state index contributed by atoms with van der Waals surface area (Å²) in [5, 5.41) is 0. The molecule has 0 amide bonds. The SMILES string of the molecule is C=C(C)C(=O)OC(=O)C1CCCCC1C(=O)OCC=O. The minimum Gasteiger partial charge on any atom is -0.458 e. The van der Waals surface area contributed by atoms with E-state index in [4.69, 9.17) is 4.74 Å². The van der Waals surface area contributed by atoms with Crippen LogP contribution in [0.4, 0.5) is 0 Å². The van der Waals surface area contributed by atoms with Gasteiger partial charge in [-0.25, -0.2) is 4.79 Å². The fourth-order valence-corrected chi connectivity index (χ4v) is 2.17. The van der Waals surface area contributed by atoms with Gasteiger partial charge in [0.2, 0.25) is 0 Å². The number of ether oxygens (including phenoxy) is 2. The largest absolute Gasteiger partial charge is 0.458 e. The quantitative estimate of drug-likeness (QED) is 0.326. The summed E-state index contributed by atoms with van der Waals surface area (Å²) in [5.41, 5.74) is 0.120. The summed E-state index contributed by atoms with van der Waals surface area (Å²) in [6, 6.07) is 0. The van der Waals surface area contributed by atoms with E-state index in [2.05, 4.69) is 11.3 Å². The molecule has 0 radical (unpaired) electrons. The van der Waals surface area contributed by atoms with Crippen LogP contribution in [0.2, 0.25) is 0 Å². The number of aldehydes is 1. The zero-order chi connectivity index (χ0) is 15.1. The minimum absolute atomic E-state index is 0.120. The normalized spacial score (nSPS) is 21.6. The van der Waals surface area contributed by atoms with Gasteiger partial charge in [-0.05, 0) is 19.8 Å². The van der Waals surface area contributed by atoms with Crippen LogP contribution < -0.4 is 0 Å². The summed E-state index contributed by atoms with van der Waals surface area (Å²) >= 11 is 0. The molecule has 0 heterocycles. The van der Waals surface area contributed by atoms with Crippen molar-refractivity contribution in [2.24, 2.45) is 11.8 Å². The smallest absolute Gasteiger partial charge is 0.340 e. The first-order chi connectivity index (χ1) is 9.47. The van der Waals surface area contributed by atoms with E-state index in [1.165, 1.54) is 6.92 Å². The Morgan fingerprint density at radius 3 is 2.20 bits per heavy atom. The molecule has 0 bridgehead atoms. The average molecular weight is 282 g/mol. The third kappa shape index (κ3) is 4.29. The van der Waals surface area contributed by atoms with Gasteiger partial charge in [-0.2, -0.15) is 0 Å². The molecule has 1 aliphatic rings. The predicted octanol–water partition coefficient (Wildman–Crippen LogP) is 1.18. The Morgan fingerprint density at radius 1 is 1.15 bits per heavy atom. The van der Waals surface area contributed by atoms with Gasteiger partial charge < -0.3 is 9.47 Å². The Morgan fingerprint density at radius 2 is 1.70 bits per heavy atom. The molecule has 2 atom stereocenters. The molecule has 0 spiro atoms. The summed E-state index contributed by atoms with van der Waals surface area (Å²) in [5.74, 6) is -3.48. The van der Waals surface area contributed by atoms with Gasteiger partial charge in [0.05, 0.1) is 11.8 Å². The zero-order valence-electron chi connectivity index (χ0n) is 11.4. The molecule has 0 aromatic rings. The third-order valence-corrected chi connectivity index (χ3v) is 3.21. The van der Waals surface area contributed by atoms with Gasteiger partial charge in [0.15, 0.2) is 6.29 Å². The maximum atomic E-state index is 11.9. The van der Waals surface area contributed by atoms with Gasteiger partial charge in [0.1, 0.15) is 6.61 Å². The Bertz CT molecular complexity index is 425. The number of esters is 3. The van der Waals surface area contributed by atoms with Gasteiger partial charge in [-0.3, -0.25) is 14.4 Å². The third-order valence-electron chi connectivity index (χ3n) is 3.21. The number of hydrogen-bond acceptors (Lipinski definition) is 6. The molecule has 0 aliphatic heterocycles. The molecule has 6 heteroatoms. The van der Waals surface area contributed by atoms with Gasteiger partial charge >= 0.3 is 17.9 Å². The van der Waals surface area contributed by atoms with Crippen molar-refractivity contribution in [3.05, 3.63) is 12.2 Å². The Kier molecular flexibility index (Phi) is 6.09. The maximum Gasteiger partial charge on any atom is 0.340 e. The second kappa shape index (κ2) is 7.57. The van der Waals surface area contributed by atoms with E-state index in [1.54, 1.807) is 0 Å². The lowest BCUT2D eigenvalue weighted by Crippen LogP contribution is -2.36. The van der Waals surface area contributed by atoms with E-state index in [9.17, 15) is 19.2 Å². The van der Waals surface area contributed by atoms with Crippen molar-refractivity contribution in [2.75, 3.05) is 6.61 Å². The first-order valence-electron chi connectivity index (χ1n) is 6.49. The molecule has 110 valence electrons. The lowest BCUT2D eigenvalue weighted by Gasteiger charge is -2.27. The summed E-state index contributed by atoms with van der Waals surface area (Å²) in [6.45, 7) is 4.50. The molecule has 0 aromatic heterocycles. The van der Waals surface area contributed by atoms with Crippen LogP contribution in [0.5, 0.6) is 0 Å². The lowest BCUT2D eigenvalue weighted by molar-refractivity contribution is -0.168. The van der Waals surface area contributed by atoms with Gasteiger partial charge in [0, 0.05) is 5.57 Å². The standard InChI is InChI=1S/C14H18O6/c1-9(2)12(16)20-14(18)11-6-4-3-5-10(11)13(17)19-8-7-15/h7,10-11H,1,3-6,8H2,2H3. The summed E-state index contributed by atoms with van der Waals surface area (Å²) in [4.78, 5) is 45.3. The molecule has 1 rings (SSSR count). The van der Waals surface area contributed by atoms with E-state index < -0.39 is 29.7 Å². The molecule has 1 saturated carbocycles. The van der Waals surface area contributed by atoms with Crippen LogP contribution in [0.1, 0.15) is 32.6 Å². The summed E-state index contributed by atoms with van der Waals surface area (Å²) in [6.07, 6.45) is 2.98. The summed E-state index contributed by atoms with van der Waals surface area (Å²) < 4.78 is 9.43. The number of rotatable bonds is 5. The highest BCUT2D eigenvalue weighted by Gasteiger charge is 2.38. The first kappa shape index (κ1) is 16.1. The molecule has 0 N–H and O–H groups in total. The van der Waals surface area contributed by atoms with E-state index in [1.807, 2.05) is 0 Å². The van der Waals surface area contributed by atoms with Gasteiger partial charge in [-0.1, -0.05) is 19.4 Å². The second-order valence-electron chi connectivity index (χ2n) is 4.78. The van der Waals surface area contributed by atoms with Crippen LogP contribution in [0.15, 0.2) is 12.2 Å². The van der Waals surface area contributed by atoms with Crippen molar-refractivity contribution in [1.82, 2.24) is 0 Å². The average Bonchev–Trinajstić information content (AvgIpc) is 2.44. The van der Waals surface area contributed by atoms with Crippen LogP contribution >= 0.6 is 0 Å². The number of carbonyl (C=O) groups excluding carboxylic acids is 4. The zero-order valence-corrected chi connectivity index (χ0v) is 11.4. The molecule has 0 saturated heterocycles. The van der Waals surface area contributed by atoms with E-state index in [-0.39, 0.29) is 12.2 Å². The molecule has 1 fully saturated rings. The fraction of sp³-hybridized carbons (Fsp3) is 0.571. The predicted molar refractivity (Wildman–Crippen MR) is 68.4 cm³/mol. The Hall–Kier alpha value is -1.98. The number of hydrogen-bond donors (Lipinski definition) is 0. The lowest BCUT2D eigenvalue weighted by atomic mass is 9.79. The Balaban J connectivity index is 2.70. The Labute approximate surface area is 117 Å². The van der Waals surface area contributed by atoms with Crippen molar-refractivity contribution < 1.29 is 28.7 Å².